The average molecular weight is 165 g/mol. The topological polar surface area (TPSA) is 0 Å². The quantitative estimate of drug-likeness (QED) is 0.619. The summed E-state index contributed by atoms with van der Waals surface area (Å²) >= 11 is 1.87. The Bertz CT molecular complexity index is 201. The normalized spacial score (nSPS) is 10.0. The van der Waals surface area contributed by atoms with Gasteiger partial charge in [-0.2, -0.15) is 0 Å². The lowest BCUT2D eigenvalue weighted by molar-refractivity contribution is 1.24. The van der Waals surface area contributed by atoms with E-state index in [-0.39, 0.29) is 0 Å². The minimum atomic E-state index is 0.999. The summed E-state index contributed by atoms with van der Waals surface area (Å²) in [5, 5.41) is 0. The van der Waals surface area contributed by atoms with E-state index in [1.165, 1.54) is 10.5 Å². The van der Waals surface area contributed by atoms with Gasteiger partial charge in [0.1, 0.15) is 0 Å². The predicted octanol–water partition coefficient (Wildman–Crippen LogP) is 3.31. The molecule has 0 fully saturated rings. The van der Waals surface area contributed by atoms with Crippen molar-refractivity contribution in [1.29, 1.82) is 0 Å². The van der Waals surface area contributed by atoms with Gasteiger partial charge in [-0.05, 0) is 31.2 Å². The first-order valence-corrected chi connectivity index (χ1v) is 4.80. The van der Waals surface area contributed by atoms with Gasteiger partial charge in [-0.15, -0.1) is 11.8 Å². The van der Waals surface area contributed by atoms with Crippen molar-refractivity contribution in [3.05, 3.63) is 36.8 Å². The van der Waals surface area contributed by atoms with Crippen molar-refractivity contribution in [3.8, 4) is 0 Å². The van der Waals surface area contributed by atoms with E-state index >= 15 is 0 Å². The lowest BCUT2D eigenvalue weighted by Gasteiger charge is -1.98. The molecule has 0 bridgehead atoms. The van der Waals surface area contributed by atoms with Crippen LogP contribution in [0.5, 0.6) is 0 Å². The van der Waals surface area contributed by atoms with Crippen molar-refractivity contribution in [2.45, 2.75) is 18.2 Å². The first kappa shape index (κ1) is 8.66. The van der Waals surface area contributed by atoms with Crippen LogP contribution in [0, 0.1) is 13.8 Å². The van der Waals surface area contributed by atoms with Gasteiger partial charge in [0.25, 0.3) is 0 Å². The number of aryl methyl sites for hydroxylation is 1. The van der Waals surface area contributed by atoms with Gasteiger partial charge in [-0.25, -0.2) is 0 Å². The van der Waals surface area contributed by atoms with E-state index < -0.39 is 0 Å². The van der Waals surface area contributed by atoms with Crippen molar-refractivity contribution < 1.29 is 0 Å². The second-order valence-corrected chi connectivity index (χ2v) is 3.68. The zero-order valence-electron chi connectivity index (χ0n) is 6.84. The molecule has 1 radical (unpaired) electrons. The minimum Gasteiger partial charge on any atom is -0.126 e. The van der Waals surface area contributed by atoms with E-state index in [0.29, 0.717) is 0 Å². The highest BCUT2D eigenvalue weighted by Crippen LogP contribution is 2.18. The number of hydrogen-bond donors (Lipinski definition) is 0. The first-order chi connectivity index (χ1) is 5.33. The van der Waals surface area contributed by atoms with Gasteiger partial charge in [-0.3, -0.25) is 0 Å². The van der Waals surface area contributed by atoms with Gasteiger partial charge in [0.2, 0.25) is 0 Å². The van der Waals surface area contributed by atoms with E-state index in [0.717, 1.165) is 12.2 Å². The largest absolute Gasteiger partial charge is 0.126 e. The maximum Gasteiger partial charge on any atom is 0.00721 e. The summed E-state index contributed by atoms with van der Waals surface area (Å²) in [7, 11) is 0. The van der Waals surface area contributed by atoms with Crippen molar-refractivity contribution in [2.75, 3.05) is 5.75 Å². The number of benzene rings is 1. The number of hydrogen-bond acceptors (Lipinski definition) is 1. The molecule has 1 aromatic rings. The van der Waals surface area contributed by atoms with E-state index in [2.05, 4.69) is 38.1 Å². The molecule has 0 aliphatic heterocycles. The number of rotatable bonds is 3. The Morgan fingerprint density at radius 3 is 2.45 bits per heavy atom. The summed E-state index contributed by atoms with van der Waals surface area (Å²) in [5.74, 6) is 1.11. The Labute approximate surface area is 73.0 Å². The molecule has 0 aromatic heterocycles. The molecule has 0 amide bonds. The molecule has 0 heterocycles. The standard InChI is InChI=1S/C10H13S/c1-3-8-11-10-6-4-9(2)5-7-10/h4-7H,1,3,8H2,2H3. The molecule has 0 unspecified atom stereocenters. The van der Waals surface area contributed by atoms with E-state index in [1.807, 2.05) is 11.8 Å². The van der Waals surface area contributed by atoms with Gasteiger partial charge in [-0.1, -0.05) is 24.6 Å². The SMILES string of the molecule is [CH2]CCSc1ccc(C)cc1. The molecule has 0 aliphatic rings. The molecule has 0 aliphatic carbocycles. The van der Waals surface area contributed by atoms with Crippen LogP contribution in [0.4, 0.5) is 0 Å². The summed E-state index contributed by atoms with van der Waals surface area (Å²) in [6.07, 6.45) is 0.999. The van der Waals surface area contributed by atoms with Crippen LogP contribution in [0.2, 0.25) is 0 Å². The van der Waals surface area contributed by atoms with Crippen LogP contribution in [0.25, 0.3) is 0 Å². The second kappa shape index (κ2) is 4.45. The van der Waals surface area contributed by atoms with E-state index in [9.17, 15) is 0 Å². The van der Waals surface area contributed by atoms with Crippen LogP contribution in [-0.4, -0.2) is 5.75 Å². The molecule has 0 N–H and O–H groups in total. The van der Waals surface area contributed by atoms with E-state index in [4.69, 9.17) is 0 Å². The Morgan fingerprint density at radius 2 is 1.91 bits per heavy atom. The molecule has 0 saturated carbocycles. The lowest BCUT2D eigenvalue weighted by atomic mass is 10.2. The third kappa shape index (κ3) is 2.98. The zero-order valence-corrected chi connectivity index (χ0v) is 7.66. The Morgan fingerprint density at radius 1 is 1.27 bits per heavy atom. The summed E-state index contributed by atoms with van der Waals surface area (Å²) in [6.45, 7) is 5.90. The molecular formula is C10H13S. The third-order valence-corrected chi connectivity index (χ3v) is 2.53. The fourth-order valence-corrected chi connectivity index (χ4v) is 1.53. The van der Waals surface area contributed by atoms with Gasteiger partial charge in [0.05, 0.1) is 0 Å². The summed E-state index contributed by atoms with van der Waals surface area (Å²) in [5.41, 5.74) is 1.32. The minimum absolute atomic E-state index is 0.999. The van der Waals surface area contributed by atoms with Crippen LogP contribution >= 0.6 is 11.8 Å². The molecule has 1 heteroatoms. The smallest absolute Gasteiger partial charge is 0.00721 e. The van der Waals surface area contributed by atoms with E-state index in [1.54, 1.807) is 0 Å². The molecule has 0 saturated heterocycles. The molecule has 59 valence electrons. The molecular weight excluding hydrogens is 152 g/mol. The van der Waals surface area contributed by atoms with Crippen LogP contribution in [0.15, 0.2) is 29.2 Å². The second-order valence-electron chi connectivity index (χ2n) is 2.52. The van der Waals surface area contributed by atoms with Crippen molar-refractivity contribution in [3.63, 3.8) is 0 Å². The Kier molecular flexibility index (Phi) is 3.50. The van der Waals surface area contributed by atoms with Gasteiger partial charge in [0, 0.05) is 4.90 Å². The molecule has 11 heavy (non-hydrogen) atoms. The summed E-state index contributed by atoms with van der Waals surface area (Å²) in [4.78, 5) is 1.35. The molecule has 0 atom stereocenters. The maximum atomic E-state index is 3.80. The van der Waals surface area contributed by atoms with Crippen molar-refractivity contribution >= 4 is 11.8 Å². The summed E-state index contributed by atoms with van der Waals surface area (Å²) in [6, 6.07) is 8.61. The summed E-state index contributed by atoms with van der Waals surface area (Å²) < 4.78 is 0. The lowest BCUT2D eigenvalue weighted by Crippen LogP contribution is -1.76. The van der Waals surface area contributed by atoms with Crippen molar-refractivity contribution in [2.24, 2.45) is 0 Å². The predicted molar refractivity (Wildman–Crippen MR) is 51.9 cm³/mol. The van der Waals surface area contributed by atoms with Crippen LogP contribution in [0.1, 0.15) is 12.0 Å². The highest BCUT2D eigenvalue weighted by Gasteiger charge is 1.90. The highest BCUT2D eigenvalue weighted by atomic mass is 32.2. The fraction of sp³-hybridized carbons (Fsp3) is 0.300. The molecule has 1 aromatic carbocycles. The zero-order chi connectivity index (χ0) is 8.10. The Balaban J connectivity index is 2.52. The van der Waals surface area contributed by atoms with Gasteiger partial charge < -0.3 is 0 Å². The van der Waals surface area contributed by atoms with Gasteiger partial charge in [0.15, 0.2) is 0 Å². The fourth-order valence-electron chi connectivity index (χ4n) is 0.825. The molecule has 1 rings (SSSR count). The molecule has 0 nitrogen and oxygen atoms in total. The van der Waals surface area contributed by atoms with Gasteiger partial charge >= 0.3 is 0 Å². The van der Waals surface area contributed by atoms with Crippen LogP contribution < -0.4 is 0 Å². The number of thioether (sulfide) groups is 1. The first-order valence-electron chi connectivity index (χ1n) is 3.81. The Hall–Kier alpha value is -0.430. The van der Waals surface area contributed by atoms with Crippen molar-refractivity contribution in [1.82, 2.24) is 0 Å². The average Bonchev–Trinajstić information content (AvgIpc) is 2.04. The molecule has 0 spiro atoms. The monoisotopic (exact) mass is 165 g/mol. The maximum absolute atomic E-state index is 3.80. The van der Waals surface area contributed by atoms with Crippen LogP contribution in [-0.2, 0) is 0 Å². The highest BCUT2D eigenvalue weighted by molar-refractivity contribution is 7.99. The van der Waals surface area contributed by atoms with Crippen LogP contribution in [0.3, 0.4) is 0 Å². The third-order valence-electron chi connectivity index (χ3n) is 1.43.